The Morgan fingerprint density at radius 2 is 1.86 bits per heavy atom. The molecule has 1 aliphatic heterocycles. The van der Waals surface area contributed by atoms with Gasteiger partial charge in [0.15, 0.2) is 0 Å². The first kappa shape index (κ1) is 18.3. The first-order valence-corrected chi connectivity index (χ1v) is 7.55. The van der Waals surface area contributed by atoms with Crippen LogP contribution in [0.2, 0.25) is 0 Å². The maximum Gasteiger partial charge on any atom is 0.410 e. The van der Waals surface area contributed by atoms with Crippen LogP contribution in [-0.4, -0.2) is 52.2 Å². The molecule has 126 valence electrons. The van der Waals surface area contributed by atoms with Crippen molar-refractivity contribution in [3.8, 4) is 0 Å². The fourth-order valence-corrected chi connectivity index (χ4v) is 2.34. The van der Waals surface area contributed by atoms with Crippen LogP contribution in [0.1, 0.15) is 47.5 Å². The Kier molecular flexibility index (Phi) is 5.79. The molecule has 7 nitrogen and oxygen atoms in total. The highest BCUT2D eigenvalue weighted by atomic mass is 16.6. The molecule has 0 saturated carbocycles. The van der Waals surface area contributed by atoms with Crippen LogP contribution in [0.3, 0.4) is 0 Å². The average Bonchev–Trinajstić information content (AvgIpc) is 2.81. The molecule has 2 atom stereocenters. The highest BCUT2D eigenvalue weighted by molar-refractivity contribution is 5.89. The van der Waals surface area contributed by atoms with Crippen molar-refractivity contribution in [2.24, 2.45) is 5.92 Å². The van der Waals surface area contributed by atoms with Gasteiger partial charge in [0.1, 0.15) is 17.7 Å². The second-order valence-electron chi connectivity index (χ2n) is 6.90. The number of carbonyl (C=O) groups is 3. The molecule has 0 aliphatic carbocycles. The van der Waals surface area contributed by atoms with Crippen molar-refractivity contribution in [2.75, 3.05) is 6.54 Å². The van der Waals surface area contributed by atoms with Crippen molar-refractivity contribution in [3.63, 3.8) is 0 Å². The predicted molar refractivity (Wildman–Crippen MR) is 80.4 cm³/mol. The van der Waals surface area contributed by atoms with E-state index in [0.717, 1.165) is 0 Å². The van der Waals surface area contributed by atoms with Crippen LogP contribution in [-0.2, 0) is 14.3 Å². The first-order valence-electron chi connectivity index (χ1n) is 7.55. The van der Waals surface area contributed by atoms with Gasteiger partial charge in [-0.2, -0.15) is 0 Å². The quantitative estimate of drug-likeness (QED) is 0.822. The number of carbonyl (C=O) groups excluding carboxylic acids is 2. The van der Waals surface area contributed by atoms with Crippen LogP contribution in [0.5, 0.6) is 0 Å². The summed E-state index contributed by atoms with van der Waals surface area (Å²) in [4.78, 5) is 37.0. The summed E-state index contributed by atoms with van der Waals surface area (Å²) in [6.07, 6.45) is 0.660. The highest BCUT2D eigenvalue weighted by Crippen LogP contribution is 2.21. The van der Waals surface area contributed by atoms with Crippen molar-refractivity contribution in [3.05, 3.63) is 0 Å². The molecule has 7 heteroatoms. The standard InChI is InChI=1S/C15H26N2O5/c1-9(2)11(13(19)20)16-12(18)10-7-6-8-17(10)14(21)22-15(3,4)5/h9-11H,6-8H2,1-5H3,(H,16,18)(H,19,20)/t10-,11?/m1/s1. The van der Waals surface area contributed by atoms with Gasteiger partial charge in [-0.25, -0.2) is 9.59 Å². The Labute approximate surface area is 131 Å². The number of amides is 2. The van der Waals surface area contributed by atoms with E-state index in [1.165, 1.54) is 4.90 Å². The van der Waals surface area contributed by atoms with Gasteiger partial charge < -0.3 is 15.2 Å². The molecule has 1 fully saturated rings. The SMILES string of the molecule is CC(C)C(NC(=O)[C@H]1CCCN1C(=O)OC(C)(C)C)C(=O)O. The number of ether oxygens (including phenoxy) is 1. The molecule has 0 spiro atoms. The third-order valence-corrected chi connectivity index (χ3v) is 3.41. The molecule has 0 aromatic rings. The fraction of sp³-hybridized carbons (Fsp3) is 0.800. The molecule has 0 radical (unpaired) electrons. The van der Waals surface area contributed by atoms with E-state index in [1.54, 1.807) is 34.6 Å². The average molecular weight is 314 g/mol. The van der Waals surface area contributed by atoms with E-state index in [9.17, 15) is 14.4 Å². The zero-order valence-electron chi connectivity index (χ0n) is 13.9. The van der Waals surface area contributed by atoms with Gasteiger partial charge in [-0.05, 0) is 39.5 Å². The van der Waals surface area contributed by atoms with E-state index in [4.69, 9.17) is 9.84 Å². The lowest BCUT2D eigenvalue weighted by Gasteiger charge is -2.29. The number of carboxylic acid groups (broad SMARTS) is 1. The largest absolute Gasteiger partial charge is 0.480 e. The zero-order valence-corrected chi connectivity index (χ0v) is 13.9. The molecule has 1 saturated heterocycles. The van der Waals surface area contributed by atoms with Crippen LogP contribution in [0, 0.1) is 5.92 Å². The summed E-state index contributed by atoms with van der Waals surface area (Å²) in [7, 11) is 0. The van der Waals surface area contributed by atoms with Crippen LogP contribution in [0.4, 0.5) is 4.79 Å². The van der Waals surface area contributed by atoms with E-state index in [0.29, 0.717) is 19.4 Å². The van der Waals surface area contributed by atoms with Crippen molar-refractivity contribution in [2.45, 2.75) is 65.1 Å². The maximum atomic E-state index is 12.3. The molecule has 0 bridgehead atoms. The molecule has 1 rings (SSSR count). The van der Waals surface area contributed by atoms with Gasteiger partial charge in [0.25, 0.3) is 0 Å². The molecule has 2 N–H and O–H groups in total. The van der Waals surface area contributed by atoms with E-state index >= 15 is 0 Å². The Bertz CT molecular complexity index is 442. The number of carboxylic acids is 1. The third kappa shape index (κ3) is 4.89. The number of likely N-dealkylation sites (tertiary alicyclic amines) is 1. The number of nitrogens with one attached hydrogen (secondary N) is 1. The summed E-state index contributed by atoms with van der Waals surface area (Å²) in [5.74, 6) is -1.76. The molecular formula is C15H26N2O5. The Hall–Kier alpha value is -1.79. The lowest BCUT2D eigenvalue weighted by Crippen LogP contribution is -2.53. The molecule has 2 amide bonds. The van der Waals surface area contributed by atoms with Crippen LogP contribution >= 0.6 is 0 Å². The van der Waals surface area contributed by atoms with Gasteiger partial charge >= 0.3 is 12.1 Å². The minimum atomic E-state index is -1.08. The van der Waals surface area contributed by atoms with Gasteiger partial charge in [-0.1, -0.05) is 13.8 Å². The van der Waals surface area contributed by atoms with E-state index in [-0.39, 0.29) is 5.92 Å². The topological polar surface area (TPSA) is 95.9 Å². The number of nitrogens with zero attached hydrogens (tertiary/aromatic N) is 1. The van der Waals surface area contributed by atoms with Gasteiger partial charge in [0, 0.05) is 6.54 Å². The summed E-state index contributed by atoms with van der Waals surface area (Å²) in [6.45, 7) is 9.16. The highest BCUT2D eigenvalue weighted by Gasteiger charge is 2.38. The summed E-state index contributed by atoms with van der Waals surface area (Å²) < 4.78 is 5.29. The predicted octanol–water partition coefficient (Wildman–Crippen LogP) is 1.61. The third-order valence-electron chi connectivity index (χ3n) is 3.41. The van der Waals surface area contributed by atoms with Gasteiger partial charge in [0.2, 0.25) is 5.91 Å². The van der Waals surface area contributed by atoms with E-state index in [1.807, 2.05) is 0 Å². The van der Waals surface area contributed by atoms with Crippen molar-refractivity contribution in [1.29, 1.82) is 0 Å². The fourth-order valence-electron chi connectivity index (χ4n) is 2.34. The monoisotopic (exact) mass is 314 g/mol. The second-order valence-corrected chi connectivity index (χ2v) is 6.90. The maximum absolute atomic E-state index is 12.3. The minimum Gasteiger partial charge on any atom is -0.480 e. The number of hydrogen-bond acceptors (Lipinski definition) is 4. The smallest absolute Gasteiger partial charge is 0.410 e. The molecule has 1 unspecified atom stereocenters. The molecular weight excluding hydrogens is 288 g/mol. The summed E-state index contributed by atoms with van der Waals surface area (Å²) in [6, 6.07) is -1.64. The van der Waals surface area contributed by atoms with Crippen LogP contribution in [0.25, 0.3) is 0 Å². The van der Waals surface area contributed by atoms with Gasteiger partial charge in [0.05, 0.1) is 0 Å². The molecule has 1 heterocycles. The summed E-state index contributed by atoms with van der Waals surface area (Å²) in [5.41, 5.74) is -0.637. The number of aliphatic carboxylic acids is 1. The molecule has 1 aliphatic rings. The second kappa shape index (κ2) is 6.98. The lowest BCUT2D eigenvalue weighted by molar-refractivity contribution is -0.143. The molecule has 0 aromatic carbocycles. The number of rotatable bonds is 4. The summed E-state index contributed by atoms with van der Waals surface area (Å²) >= 11 is 0. The van der Waals surface area contributed by atoms with Gasteiger partial charge in [-0.3, -0.25) is 9.69 Å². The summed E-state index contributed by atoms with van der Waals surface area (Å²) in [5, 5.41) is 11.7. The van der Waals surface area contributed by atoms with Crippen LogP contribution < -0.4 is 5.32 Å². The molecule has 22 heavy (non-hydrogen) atoms. The number of hydrogen-bond donors (Lipinski definition) is 2. The molecule has 0 aromatic heterocycles. The van der Waals surface area contributed by atoms with Gasteiger partial charge in [-0.15, -0.1) is 0 Å². The normalized spacial score (nSPS) is 19.9. The lowest BCUT2D eigenvalue weighted by atomic mass is 10.0. The first-order chi connectivity index (χ1) is 10.0. The Morgan fingerprint density at radius 3 is 2.32 bits per heavy atom. The Balaban J connectivity index is 2.75. The van der Waals surface area contributed by atoms with Crippen molar-refractivity contribution < 1.29 is 24.2 Å². The minimum absolute atomic E-state index is 0.238. The van der Waals surface area contributed by atoms with E-state index < -0.39 is 35.7 Å². The zero-order chi connectivity index (χ0) is 17.1. The Morgan fingerprint density at radius 1 is 1.27 bits per heavy atom. The van der Waals surface area contributed by atoms with Crippen LogP contribution in [0.15, 0.2) is 0 Å². The van der Waals surface area contributed by atoms with Crippen molar-refractivity contribution >= 4 is 18.0 Å². The van der Waals surface area contributed by atoms with Crippen molar-refractivity contribution in [1.82, 2.24) is 10.2 Å². The van der Waals surface area contributed by atoms with E-state index in [2.05, 4.69) is 5.32 Å².